The molecule has 0 aliphatic carbocycles. The third-order valence-corrected chi connectivity index (χ3v) is 2.48. The topological polar surface area (TPSA) is 276 Å². The lowest BCUT2D eigenvalue weighted by molar-refractivity contribution is -0.140. The van der Waals surface area contributed by atoms with E-state index in [0.717, 1.165) is 0 Å². The highest BCUT2D eigenvalue weighted by Crippen LogP contribution is 1.96. The zero-order valence-corrected chi connectivity index (χ0v) is 14.5. The van der Waals surface area contributed by atoms with Crippen LogP contribution in [0.3, 0.4) is 0 Å². The van der Waals surface area contributed by atoms with E-state index in [0.29, 0.717) is 0 Å². The van der Waals surface area contributed by atoms with Gasteiger partial charge in [-0.15, -0.1) is 0 Å². The number of hydrogen-bond donors (Lipinski definition) is 8. The van der Waals surface area contributed by atoms with Gasteiger partial charge < -0.3 is 44.0 Å². The van der Waals surface area contributed by atoms with Crippen molar-refractivity contribution in [3.63, 3.8) is 0 Å². The van der Waals surface area contributed by atoms with Crippen molar-refractivity contribution in [3.05, 3.63) is 0 Å². The Morgan fingerprint density at radius 1 is 0.692 bits per heavy atom. The molecule has 0 saturated carbocycles. The lowest BCUT2D eigenvalue weighted by atomic mass is 10.1. The minimum Gasteiger partial charge on any atom is -0.480 e. The summed E-state index contributed by atoms with van der Waals surface area (Å²) in [6.45, 7) is 3.55. The summed E-state index contributed by atoms with van der Waals surface area (Å²) in [6.07, 6.45) is -0.620. The second-order valence-corrected chi connectivity index (χ2v) is 5.34. The van der Waals surface area contributed by atoms with E-state index in [9.17, 15) is 24.0 Å². The Kier molecular flexibility index (Phi) is 15.7. The Bertz CT molecular complexity index is 465. The zero-order valence-electron chi connectivity index (χ0n) is 14.5. The molecule has 0 aliphatic heterocycles. The first kappa shape index (κ1) is 28.1. The van der Waals surface area contributed by atoms with Crippen LogP contribution in [0.5, 0.6) is 0 Å². The molecule has 13 nitrogen and oxygen atoms in total. The summed E-state index contributed by atoms with van der Waals surface area (Å²) < 4.78 is 0. The predicted molar refractivity (Wildman–Crippen MR) is 89.3 cm³/mol. The van der Waals surface area contributed by atoms with Gasteiger partial charge in [-0.2, -0.15) is 0 Å². The second-order valence-electron chi connectivity index (χ2n) is 5.34. The quantitative estimate of drug-likeness (QED) is 0.205. The van der Waals surface area contributed by atoms with Crippen LogP contribution in [0.4, 0.5) is 0 Å². The monoisotopic (exact) mass is 381 g/mol. The maximum atomic E-state index is 10.0. The molecule has 0 fully saturated rings. The SMILES string of the molecule is CC(C)[C@H](N)C(=O)O.NC(=O)C[C@H](N)C(=O)O.NC(=O)C[C@H](N)C(=O)O. The fourth-order valence-electron chi connectivity index (χ4n) is 0.893. The van der Waals surface area contributed by atoms with Gasteiger partial charge in [0.1, 0.15) is 18.1 Å². The standard InChI is InChI=1S/C5H11NO2.2C4H8N2O3/c1-3(2)4(6)5(7)8;2*5-2(4(8)9)1-3(6)7/h3-4H,6H2,1-2H3,(H,7,8);2*2H,1,5H2,(H2,6,7)(H,8,9)/t4-;2*2-/m000/s1. The molecule has 0 bridgehead atoms. The van der Waals surface area contributed by atoms with Gasteiger partial charge in [0.2, 0.25) is 11.8 Å². The molecule has 0 aromatic rings. The third kappa shape index (κ3) is 19.3. The fraction of sp³-hybridized carbons (Fsp3) is 0.615. The molecule has 0 saturated heterocycles. The molecule has 13 heteroatoms. The molecular formula is C13H27N5O8. The molecule has 0 aromatic heterocycles. The molecule has 152 valence electrons. The summed E-state index contributed by atoms with van der Waals surface area (Å²) in [7, 11) is 0. The number of carbonyl (C=O) groups is 5. The average Bonchev–Trinajstić information content (AvgIpc) is 2.45. The van der Waals surface area contributed by atoms with E-state index in [4.69, 9.17) is 32.5 Å². The van der Waals surface area contributed by atoms with Crippen LogP contribution in [0.1, 0.15) is 26.7 Å². The minimum atomic E-state index is -1.21. The van der Waals surface area contributed by atoms with Crippen LogP contribution in [0.25, 0.3) is 0 Å². The van der Waals surface area contributed by atoms with Crippen molar-refractivity contribution in [2.75, 3.05) is 0 Å². The van der Waals surface area contributed by atoms with Gasteiger partial charge in [0.15, 0.2) is 0 Å². The van der Waals surface area contributed by atoms with E-state index in [-0.39, 0.29) is 18.8 Å². The first-order chi connectivity index (χ1) is 11.6. The van der Waals surface area contributed by atoms with Crippen LogP contribution in [0.15, 0.2) is 0 Å². The van der Waals surface area contributed by atoms with E-state index in [1.165, 1.54) is 0 Å². The Balaban J connectivity index is -0.000000306. The van der Waals surface area contributed by atoms with Gasteiger partial charge in [0.25, 0.3) is 0 Å². The third-order valence-electron chi connectivity index (χ3n) is 2.48. The summed E-state index contributed by atoms with van der Waals surface area (Å²) in [5.41, 5.74) is 24.3. The number of aliphatic carboxylic acids is 3. The van der Waals surface area contributed by atoms with Gasteiger partial charge in [0, 0.05) is 0 Å². The van der Waals surface area contributed by atoms with Crippen LogP contribution < -0.4 is 28.7 Å². The van der Waals surface area contributed by atoms with E-state index in [1.54, 1.807) is 13.8 Å². The summed E-state index contributed by atoms with van der Waals surface area (Å²) in [6, 6.07) is -3.04. The second kappa shape index (κ2) is 14.6. The van der Waals surface area contributed by atoms with Crippen LogP contribution in [0, 0.1) is 5.92 Å². The smallest absolute Gasteiger partial charge is 0.321 e. The number of nitrogens with two attached hydrogens (primary N) is 5. The van der Waals surface area contributed by atoms with Crippen molar-refractivity contribution in [2.24, 2.45) is 34.6 Å². The van der Waals surface area contributed by atoms with E-state index >= 15 is 0 Å². The summed E-state index contributed by atoms with van der Waals surface area (Å²) in [5, 5.41) is 24.4. The van der Waals surface area contributed by atoms with Crippen molar-refractivity contribution in [1.29, 1.82) is 0 Å². The molecule has 0 radical (unpaired) electrons. The van der Waals surface area contributed by atoms with Gasteiger partial charge in [-0.25, -0.2) is 0 Å². The fourth-order valence-corrected chi connectivity index (χ4v) is 0.893. The maximum Gasteiger partial charge on any atom is 0.321 e. The lowest BCUT2D eigenvalue weighted by Crippen LogP contribution is -2.34. The van der Waals surface area contributed by atoms with Crippen molar-refractivity contribution >= 4 is 29.7 Å². The highest BCUT2D eigenvalue weighted by atomic mass is 16.4. The maximum absolute atomic E-state index is 10.0. The highest BCUT2D eigenvalue weighted by molar-refractivity contribution is 5.83. The van der Waals surface area contributed by atoms with Crippen LogP contribution >= 0.6 is 0 Å². The van der Waals surface area contributed by atoms with Gasteiger partial charge in [-0.3, -0.25) is 24.0 Å². The number of carbonyl (C=O) groups excluding carboxylic acids is 2. The molecule has 3 atom stereocenters. The van der Waals surface area contributed by atoms with Gasteiger partial charge in [-0.1, -0.05) is 13.8 Å². The molecule has 2 amide bonds. The van der Waals surface area contributed by atoms with Crippen molar-refractivity contribution in [1.82, 2.24) is 0 Å². The molecular weight excluding hydrogens is 354 g/mol. The predicted octanol–water partition coefficient (Wildman–Crippen LogP) is -3.40. The van der Waals surface area contributed by atoms with Crippen LogP contribution in [-0.2, 0) is 24.0 Å². The summed E-state index contributed by atoms with van der Waals surface area (Å²) in [5.74, 6) is -4.75. The van der Waals surface area contributed by atoms with Gasteiger partial charge in [-0.05, 0) is 5.92 Å². The molecule has 0 heterocycles. The Labute approximate surface area is 149 Å². The van der Waals surface area contributed by atoms with Gasteiger partial charge in [0.05, 0.1) is 12.8 Å². The summed E-state index contributed by atoms with van der Waals surface area (Å²) >= 11 is 0. The molecule has 13 N–H and O–H groups in total. The van der Waals surface area contributed by atoms with Gasteiger partial charge >= 0.3 is 17.9 Å². The summed E-state index contributed by atoms with van der Waals surface area (Å²) in [4.78, 5) is 49.8. The Hall–Kier alpha value is -2.77. The average molecular weight is 381 g/mol. The first-order valence-corrected chi connectivity index (χ1v) is 7.15. The molecule has 0 unspecified atom stereocenters. The Morgan fingerprint density at radius 2 is 0.962 bits per heavy atom. The molecule has 0 aromatic carbocycles. The first-order valence-electron chi connectivity index (χ1n) is 7.15. The minimum absolute atomic E-state index is 0.0208. The van der Waals surface area contributed by atoms with Crippen molar-refractivity contribution in [2.45, 2.75) is 44.8 Å². The van der Waals surface area contributed by atoms with Crippen molar-refractivity contribution in [3.8, 4) is 0 Å². The number of hydrogen-bond acceptors (Lipinski definition) is 8. The van der Waals surface area contributed by atoms with Crippen molar-refractivity contribution < 1.29 is 39.3 Å². The van der Waals surface area contributed by atoms with E-state index in [1.807, 2.05) is 0 Å². The molecule has 26 heavy (non-hydrogen) atoms. The number of amides is 2. The van der Waals surface area contributed by atoms with E-state index < -0.39 is 47.8 Å². The largest absolute Gasteiger partial charge is 0.480 e. The number of carboxylic acids is 3. The molecule has 0 spiro atoms. The molecule has 0 aliphatic rings. The normalized spacial score (nSPS) is 13.0. The Morgan fingerprint density at radius 3 is 1.00 bits per heavy atom. The zero-order chi connectivity index (χ0) is 21.6. The molecule has 0 rings (SSSR count). The number of rotatable bonds is 8. The number of carboxylic acid groups (broad SMARTS) is 3. The number of primary amides is 2. The van der Waals surface area contributed by atoms with E-state index in [2.05, 4.69) is 11.5 Å². The highest BCUT2D eigenvalue weighted by Gasteiger charge is 2.15. The van der Waals surface area contributed by atoms with Crippen LogP contribution in [0.2, 0.25) is 0 Å². The lowest BCUT2D eigenvalue weighted by Gasteiger charge is -2.07. The van der Waals surface area contributed by atoms with Crippen LogP contribution in [-0.4, -0.2) is 63.2 Å².